The van der Waals surface area contributed by atoms with Crippen LogP contribution >= 0.6 is 0 Å². The first-order valence-corrected chi connectivity index (χ1v) is 7.53. The Labute approximate surface area is 139 Å². The number of hydrogen-bond donors (Lipinski definition) is 2. The average molecular weight is 334 g/mol. The number of anilines is 1. The van der Waals surface area contributed by atoms with Crippen LogP contribution in [0.3, 0.4) is 0 Å². The minimum Gasteiger partial charge on any atom is -0.495 e. The fraction of sp³-hybridized carbons (Fsp3) is 0.278. The second-order valence-corrected chi connectivity index (χ2v) is 5.52. The molecular formula is C18H20F2N2O2. The van der Waals surface area contributed by atoms with Gasteiger partial charge in [0, 0.05) is 17.7 Å². The first-order chi connectivity index (χ1) is 11.4. The number of amides is 1. The van der Waals surface area contributed by atoms with Crippen LogP contribution in [0.15, 0.2) is 36.4 Å². The van der Waals surface area contributed by atoms with Crippen molar-refractivity contribution in [1.82, 2.24) is 5.32 Å². The van der Waals surface area contributed by atoms with Crippen molar-refractivity contribution in [1.29, 1.82) is 0 Å². The van der Waals surface area contributed by atoms with Crippen LogP contribution in [0.25, 0.3) is 0 Å². The fourth-order valence-corrected chi connectivity index (χ4v) is 2.32. The molecule has 1 amide bonds. The Kier molecular flexibility index (Phi) is 5.87. The van der Waals surface area contributed by atoms with Crippen LogP contribution in [0.1, 0.15) is 24.1 Å². The Balaban J connectivity index is 1.97. The summed E-state index contributed by atoms with van der Waals surface area (Å²) in [5.74, 6) is -0.997. The molecule has 0 aromatic heterocycles. The van der Waals surface area contributed by atoms with Gasteiger partial charge in [0.2, 0.25) is 5.91 Å². The van der Waals surface area contributed by atoms with Gasteiger partial charge in [-0.1, -0.05) is 12.1 Å². The molecule has 0 aliphatic rings. The Morgan fingerprint density at radius 3 is 2.62 bits per heavy atom. The van der Waals surface area contributed by atoms with E-state index in [1.807, 2.05) is 13.0 Å². The molecule has 0 aliphatic carbocycles. The van der Waals surface area contributed by atoms with Gasteiger partial charge in [-0.05, 0) is 37.6 Å². The molecule has 2 aromatic carbocycles. The minimum absolute atomic E-state index is 0.0188. The third kappa shape index (κ3) is 4.52. The van der Waals surface area contributed by atoms with Gasteiger partial charge in [0.1, 0.15) is 17.4 Å². The van der Waals surface area contributed by atoms with Crippen molar-refractivity contribution in [3.8, 4) is 5.75 Å². The van der Waals surface area contributed by atoms with Gasteiger partial charge in [-0.15, -0.1) is 0 Å². The Bertz CT molecular complexity index is 735. The molecule has 0 fully saturated rings. The monoisotopic (exact) mass is 334 g/mol. The summed E-state index contributed by atoms with van der Waals surface area (Å²) >= 11 is 0. The van der Waals surface area contributed by atoms with Crippen molar-refractivity contribution in [3.05, 3.63) is 59.2 Å². The van der Waals surface area contributed by atoms with E-state index in [1.54, 1.807) is 19.1 Å². The molecule has 24 heavy (non-hydrogen) atoms. The first kappa shape index (κ1) is 17.9. The molecule has 2 aromatic rings. The van der Waals surface area contributed by atoms with Crippen molar-refractivity contribution in [2.24, 2.45) is 0 Å². The van der Waals surface area contributed by atoms with Crippen LogP contribution in [0.4, 0.5) is 14.5 Å². The molecule has 4 nitrogen and oxygen atoms in total. The van der Waals surface area contributed by atoms with Crippen molar-refractivity contribution < 1.29 is 18.3 Å². The summed E-state index contributed by atoms with van der Waals surface area (Å²) < 4.78 is 31.9. The maximum Gasteiger partial charge on any atom is 0.238 e. The van der Waals surface area contributed by atoms with E-state index in [9.17, 15) is 13.6 Å². The standard InChI is InChI=1S/C18H20F2N2O2/c1-11-4-7-17(24-3)16(8-11)22-18(23)10-21-12(2)14-6-5-13(19)9-15(14)20/h4-9,12,21H,10H2,1-3H3,(H,22,23)/t12-/m0/s1. The number of hydrogen-bond acceptors (Lipinski definition) is 3. The molecule has 0 radical (unpaired) electrons. The number of carbonyl (C=O) groups excluding carboxylic acids is 1. The number of halogens is 2. The van der Waals surface area contributed by atoms with Gasteiger partial charge in [-0.3, -0.25) is 4.79 Å². The lowest BCUT2D eigenvalue weighted by Crippen LogP contribution is -2.30. The van der Waals surface area contributed by atoms with E-state index >= 15 is 0 Å². The summed E-state index contributed by atoms with van der Waals surface area (Å²) in [4.78, 5) is 12.1. The lowest BCUT2D eigenvalue weighted by molar-refractivity contribution is -0.115. The largest absolute Gasteiger partial charge is 0.495 e. The predicted octanol–water partition coefficient (Wildman–Crippen LogP) is 3.57. The number of benzene rings is 2. The molecule has 2 rings (SSSR count). The molecule has 128 valence electrons. The third-order valence-corrected chi connectivity index (χ3v) is 3.63. The zero-order chi connectivity index (χ0) is 17.7. The van der Waals surface area contributed by atoms with E-state index in [-0.39, 0.29) is 12.5 Å². The molecule has 0 unspecified atom stereocenters. The summed E-state index contributed by atoms with van der Waals surface area (Å²) in [6.07, 6.45) is 0. The maximum atomic E-state index is 13.7. The predicted molar refractivity (Wildman–Crippen MR) is 89.1 cm³/mol. The van der Waals surface area contributed by atoms with Crippen LogP contribution in [0.5, 0.6) is 5.75 Å². The number of aryl methyl sites for hydroxylation is 1. The SMILES string of the molecule is COc1ccc(C)cc1NC(=O)CN[C@@H](C)c1ccc(F)cc1F. The number of nitrogens with one attached hydrogen (secondary N) is 2. The Morgan fingerprint density at radius 2 is 1.96 bits per heavy atom. The van der Waals surface area contributed by atoms with Gasteiger partial charge < -0.3 is 15.4 Å². The molecule has 2 N–H and O–H groups in total. The van der Waals surface area contributed by atoms with Gasteiger partial charge in [-0.2, -0.15) is 0 Å². The van der Waals surface area contributed by atoms with Crippen LogP contribution in [0.2, 0.25) is 0 Å². The number of rotatable bonds is 6. The lowest BCUT2D eigenvalue weighted by atomic mass is 10.1. The topological polar surface area (TPSA) is 50.4 Å². The van der Waals surface area contributed by atoms with Crippen LogP contribution < -0.4 is 15.4 Å². The Hall–Kier alpha value is -2.47. The van der Waals surface area contributed by atoms with Crippen molar-refractivity contribution >= 4 is 11.6 Å². The Morgan fingerprint density at radius 1 is 1.21 bits per heavy atom. The number of carbonyl (C=O) groups is 1. The van der Waals surface area contributed by atoms with Gasteiger partial charge in [0.25, 0.3) is 0 Å². The van der Waals surface area contributed by atoms with Gasteiger partial charge in [-0.25, -0.2) is 8.78 Å². The quantitative estimate of drug-likeness (QED) is 0.849. The van der Waals surface area contributed by atoms with Crippen molar-refractivity contribution in [3.63, 3.8) is 0 Å². The van der Waals surface area contributed by atoms with Crippen LogP contribution in [-0.2, 0) is 4.79 Å². The molecule has 0 saturated carbocycles. The highest BCUT2D eigenvalue weighted by atomic mass is 19.1. The van der Waals surface area contributed by atoms with Crippen LogP contribution in [-0.4, -0.2) is 19.6 Å². The van der Waals surface area contributed by atoms with E-state index < -0.39 is 17.7 Å². The van der Waals surface area contributed by atoms with E-state index in [4.69, 9.17) is 4.74 Å². The second kappa shape index (κ2) is 7.88. The minimum atomic E-state index is -0.643. The maximum absolute atomic E-state index is 13.7. The van der Waals surface area contributed by atoms with E-state index in [0.717, 1.165) is 11.6 Å². The molecule has 1 atom stereocenters. The highest BCUT2D eigenvalue weighted by molar-refractivity contribution is 5.93. The molecule has 6 heteroatoms. The summed E-state index contributed by atoms with van der Waals surface area (Å²) in [6.45, 7) is 3.60. The lowest BCUT2D eigenvalue weighted by Gasteiger charge is -2.16. The zero-order valence-corrected chi connectivity index (χ0v) is 13.8. The molecule has 0 aliphatic heterocycles. The van der Waals surface area contributed by atoms with Crippen molar-refractivity contribution in [2.45, 2.75) is 19.9 Å². The van der Waals surface area contributed by atoms with E-state index in [0.29, 0.717) is 17.0 Å². The normalized spacial score (nSPS) is 11.9. The van der Waals surface area contributed by atoms with Gasteiger partial charge in [0.15, 0.2) is 0 Å². The third-order valence-electron chi connectivity index (χ3n) is 3.63. The smallest absolute Gasteiger partial charge is 0.238 e. The van der Waals surface area contributed by atoms with E-state index in [1.165, 1.54) is 19.2 Å². The number of methoxy groups -OCH3 is 1. The van der Waals surface area contributed by atoms with Crippen molar-refractivity contribution in [2.75, 3.05) is 19.0 Å². The summed E-state index contributed by atoms with van der Waals surface area (Å²) in [5.41, 5.74) is 1.86. The number of ether oxygens (including phenoxy) is 1. The first-order valence-electron chi connectivity index (χ1n) is 7.53. The zero-order valence-electron chi connectivity index (χ0n) is 13.8. The van der Waals surface area contributed by atoms with Gasteiger partial charge in [0.05, 0.1) is 19.3 Å². The highest BCUT2D eigenvalue weighted by Gasteiger charge is 2.14. The molecule has 0 heterocycles. The second-order valence-electron chi connectivity index (χ2n) is 5.52. The highest BCUT2D eigenvalue weighted by Crippen LogP contribution is 2.25. The average Bonchev–Trinajstić information content (AvgIpc) is 2.53. The summed E-state index contributed by atoms with van der Waals surface area (Å²) in [7, 11) is 1.53. The van der Waals surface area contributed by atoms with Gasteiger partial charge >= 0.3 is 0 Å². The summed E-state index contributed by atoms with van der Waals surface area (Å²) in [6, 6.07) is 8.40. The molecular weight excluding hydrogens is 314 g/mol. The molecule has 0 spiro atoms. The summed E-state index contributed by atoms with van der Waals surface area (Å²) in [5, 5.41) is 5.67. The molecule has 0 saturated heterocycles. The van der Waals surface area contributed by atoms with E-state index in [2.05, 4.69) is 10.6 Å². The van der Waals surface area contributed by atoms with Crippen LogP contribution in [0, 0.1) is 18.6 Å². The molecule has 0 bridgehead atoms. The fourth-order valence-electron chi connectivity index (χ4n) is 2.32.